The molecule has 0 atom stereocenters. The van der Waals surface area contributed by atoms with Gasteiger partial charge in [-0.05, 0) is 12.1 Å². The average Bonchev–Trinajstić information content (AvgIpc) is 2.19. The molecule has 0 amide bonds. The average molecular weight is 209 g/mol. The maximum absolute atomic E-state index is 10.7. The molecule has 2 aromatic rings. The maximum Gasteiger partial charge on any atom is 0.506 e. The third-order valence-electron chi connectivity index (χ3n) is 1.84. The highest BCUT2D eigenvalue weighted by Crippen LogP contribution is 2.25. The highest BCUT2D eigenvalue weighted by Gasteiger charge is 2.13. The lowest BCUT2D eigenvalue weighted by atomic mass is 10.1. The summed E-state index contributed by atoms with van der Waals surface area (Å²) in [5.41, 5.74) is 0. The lowest BCUT2D eigenvalue weighted by Crippen LogP contribution is -1.80. The first kappa shape index (κ1) is 8.60. The lowest BCUT2D eigenvalue weighted by Gasteiger charge is -1.95. The minimum atomic E-state index is 0.443. The van der Waals surface area contributed by atoms with Crippen LogP contribution in [0.1, 0.15) is 0 Å². The summed E-state index contributed by atoms with van der Waals surface area (Å²) >= 11 is 6.39. The van der Waals surface area contributed by atoms with E-state index in [0.717, 1.165) is 10.8 Å². The van der Waals surface area contributed by atoms with Crippen molar-refractivity contribution in [1.29, 1.82) is 0 Å². The molecule has 0 saturated heterocycles. The number of rotatable bonds is 1. The predicted octanol–water partition coefficient (Wildman–Crippen LogP) is 3.08. The summed E-state index contributed by atoms with van der Waals surface area (Å²) in [6, 6.07) is 12.0. The molecule has 63 valence electrons. The zero-order valence-electron chi connectivity index (χ0n) is 6.58. The topological polar surface area (TPSA) is 17.1 Å². The summed E-state index contributed by atoms with van der Waals surface area (Å²) in [5, 5.41) is 2.41. The number of fused-ring (bicyclic) bond motifs is 1. The van der Waals surface area contributed by atoms with Crippen LogP contribution in [0.15, 0.2) is 35.2 Å². The second kappa shape index (κ2) is 3.40. The van der Waals surface area contributed by atoms with E-state index < -0.39 is 0 Å². The highest BCUT2D eigenvalue weighted by atomic mass is 35.5. The van der Waals surface area contributed by atoms with Crippen LogP contribution in [0.25, 0.3) is 10.8 Å². The molecule has 0 aromatic heterocycles. The quantitative estimate of drug-likeness (QED) is 0.659. The van der Waals surface area contributed by atoms with Gasteiger partial charge in [-0.2, -0.15) is 0 Å². The molecule has 0 spiro atoms. The molecule has 0 saturated carbocycles. The Bertz CT molecular complexity index is 467. The van der Waals surface area contributed by atoms with Crippen LogP contribution in [0.2, 0.25) is 5.02 Å². The molecule has 0 aliphatic carbocycles. The normalized spacial score (nSPS) is 10.2. The summed E-state index contributed by atoms with van der Waals surface area (Å²) in [6.45, 7) is 0. The first-order valence-electron chi connectivity index (χ1n) is 3.71. The van der Waals surface area contributed by atoms with Crippen LogP contribution in [0.3, 0.4) is 0 Å². The number of hydrogen-bond acceptors (Lipinski definition) is 1. The Morgan fingerprint density at radius 3 is 2.62 bits per heavy atom. The van der Waals surface area contributed by atoms with Crippen LogP contribution in [-0.2, 0) is 15.9 Å². The largest absolute Gasteiger partial charge is 0.506 e. The van der Waals surface area contributed by atoms with Gasteiger partial charge in [0.25, 0.3) is 0 Å². The van der Waals surface area contributed by atoms with Crippen LogP contribution >= 0.6 is 11.6 Å². The van der Waals surface area contributed by atoms with Crippen molar-refractivity contribution in [1.82, 2.24) is 0 Å². The van der Waals surface area contributed by atoms with Crippen LogP contribution in [0.4, 0.5) is 0 Å². The first-order valence-corrected chi connectivity index (χ1v) is 4.83. The van der Waals surface area contributed by atoms with Crippen molar-refractivity contribution in [3.05, 3.63) is 41.4 Å². The summed E-state index contributed by atoms with van der Waals surface area (Å²) in [7, 11) is 0. The van der Waals surface area contributed by atoms with Crippen molar-refractivity contribution in [2.24, 2.45) is 0 Å². The molecule has 0 aliphatic rings. The number of benzene rings is 2. The molecule has 0 unspecified atom stereocenters. The lowest BCUT2D eigenvalue weighted by molar-refractivity contribution is 0.605. The van der Waals surface area contributed by atoms with E-state index in [0.29, 0.717) is 21.6 Å². The van der Waals surface area contributed by atoms with Gasteiger partial charge in [0.05, 0.1) is 11.5 Å². The van der Waals surface area contributed by atoms with Gasteiger partial charge in [0.15, 0.2) is 0 Å². The Labute approximate surface area is 84.8 Å². The van der Waals surface area contributed by atoms with Gasteiger partial charge in [0, 0.05) is 14.6 Å². The third kappa shape index (κ3) is 1.43. The molecule has 0 fully saturated rings. The Morgan fingerprint density at radius 2 is 1.92 bits per heavy atom. The van der Waals surface area contributed by atoms with E-state index in [4.69, 9.17) is 11.6 Å². The van der Waals surface area contributed by atoms with Gasteiger partial charge in [-0.1, -0.05) is 29.8 Å². The molecular formula is C10H5ClOS+. The van der Waals surface area contributed by atoms with E-state index >= 15 is 0 Å². The molecule has 13 heavy (non-hydrogen) atoms. The minimum absolute atomic E-state index is 0.443. The highest BCUT2D eigenvalue weighted by molar-refractivity contribution is 7.65. The molecule has 1 radical (unpaired) electrons. The molecule has 2 rings (SSSR count). The van der Waals surface area contributed by atoms with Gasteiger partial charge >= 0.3 is 16.6 Å². The van der Waals surface area contributed by atoms with Gasteiger partial charge in [0.2, 0.25) is 0 Å². The summed E-state index contributed by atoms with van der Waals surface area (Å²) in [4.78, 5) is 0.597. The Kier molecular flexibility index (Phi) is 2.25. The molecular weight excluding hydrogens is 204 g/mol. The van der Waals surface area contributed by atoms with E-state index in [1.165, 1.54) is 0 Å². The van der Waals surface area contributed by atoms with E-state index in [2.05, 4.69) is 6.07 Å². The predicted molar refractivity (Wildman–Crippen MR) is 54.1 cm³/mol. The van der Waals surface area contributed by atoms with E-state index in [9.17, 15) is 4.21 Å². The van der Waals surface area contributed by atoms with E-state index in [1.807, 2.05) is 24.3 Å². The van der Waals surface area contributed by atoms with Crippen molar-refractivity contribution >= 4 is 34.0 Å². The van der Waals surface area contributed by atoms with E-state index in [-0.39, 0.29) is 0 Å². The fourth-order valence-corrected chi connectivity index (χ4v) is 1.84. The van der Waals surface area contributed by atoms with Crippen LogP contribution in [0.5, 0.6) is 0 Å². The molecule has 0 heterocycles. The van der Waals surface area contributed by atoms with Crippen molar-refractivity contribution in [3.63, 3.8) is 0 Å². The Balaban J connectivity index is 2.92. The molecule has 2 aromatic carbocycles. The SMILES string of the molecule is O=[S+]c1[c]cc(Cl)c2ccccc12. The third-order valence-corrected chi connectivity index (χ3v) is 2.66. The van der Waals surface area contributed by atoms with Gasteiger partial charge in [-0.15, -0.1) is 0 Å². The van der Waals surface area contributed by atoms with Gasteiger partial charge in [0.1, 0.15) is 0 Å². The zero-order valence-corrected chi connectivity index (χ0v) is 8.15. The monoisotopic (exact) mass is 208 g/mol. The maximum atomic E-state index is 10.7. The second-order valence-corrected chi connectivity index (χ2v) is 3.58. The smallest absolute Gasteiger partial charge is 0.0836 e. The second-order valence-electron chi connectivity index (χ2n) is 2.59. The molecule has 0 N–H and O–H groups in total. The van der Waals surface area contributed by atoms with Crippen LogP contribution in [0, 0.1) is 6.07 Å². The number of halogens is 1. The Morgan fingerprint density at radius 1 is 1.23 bits per heavy atom. The van der Waals surface area contributed by atoms with Gasteiger partial charge in [-0.3, -0.25) is 0 Å². The zero-order chi connectivity index (χ0) is 9.26. The van der Waals surface area contributed by atoms with Crippen molar-refractivity contribution in [2.45, 2.75) is 4.90 Å². The van der Waals surface area contributed by atoms with Crippen LogP contribution < -0.4 is 0 Å². The van der Waals surface area contributed by atoms with Gasteiger partial charge in [-0.25, -0.2) is 0 Å². The summed E-state index contributed by atoms with van der Waals surface area (Å²) in [5.74, 6) is 0. The summed E-state index contributed by atoms with van der Waals surface area (Å²) < 4.78 is 10.7. The molecule has 0 bridgehead atoms. The fraction of sp³-hybridized carbons (Fsp3) is 0. The number of hydrogen-bond donors (Lipinski definition) is 0. The van der Waals surface area contributed by atoms with E-state index in [1.54, 1.807) is 6.07 Å². The van der Waals surface area contributed by atoms with Crippen molar-refractivity contribution < 1.29 is 4.21 Å². The first-order chi connectivity index (χ1) is 6.33. The minimum Gasteiger partial charge on any atom is -0.0836 e. The Hall–Kier alpha value is -0.990. The van der Waals surface area contributed by atoms with Crippen molar-refractivity contribution in [3.8, 4) is 0 Å². The van der Waals surface area contributed by atoms with Crippen LogP contribution in [-0.4, -0.2) is 0 Å². The standard InChI is InChI=1S/C10H5ClOS/c11-9-5-6-10(13-12)8-4-2-1-3-7(8)9/h1-5H/q+1. The summed E-state index contributed by atoms with van der Waals surface area (Å²) in [6.07, 6.45) is 0. The molecule has 0 aliphatic heterocycles. The molecule has 1 nitrogen and oxygen atoms in total. The fourth-order valence-electron chi connectivity index (χ4n) is 1.24. The van der Waals surface area contributed by atoms with Crippen molar-refractivity contribution in [2.75, 3.05) is 0 Å². The molecule has 3 heteroatoms. The van der Waals surface area contributed by atoms with Gasteiger partial charge < -0.3 is 0 Å².